The van der Waals surface area contributed by atoms with E-state index in [1.807, 2.05) is 42.7 Å². The van der Waals surface area contributed by atoms with Crippen molar-refractivity contribution in [2.24, 2.45) is 11.8 Å². The Morgan fingerprint density at radius 3 is 2.38 bits per heavy atom. The van der Waals surface area contributed by atoms with Crippen LogP contribution in [0.5, 0.6) is 6.01 Å². The smallest absolute Gasteiger partial charge is 0.316 e. The molecule has 4 heterocycles. The number of nitrogens with zero attached hydrogens (tertiary/aromatic N) is 6. The summed E-state index contributed by atoms with van der Waals surface area (Å²) in [5.74, 6) is 1.66. The third kappa shape index (κ3) is 7.67. The minimum absolute atomic E-state index is 0.0985. The molecule has 1 unspecified atom stereocenters. The van der Waals surface area contributed by atoms with E-state index >= 15 is 0 Å². The number of aryl methyl sites for hydroxylation is 2. The first-order valence-electron chi connectivity index (χ1n) is 17.0. The van der Waals surface area contributed by atoms with E-state index in [0.717, 1.165) is 83.7 Å². The van der Waals surface area contributed by atoms with E-state index in [9.17, 15) is 4.79 Å². The molecule has 9 nitrogen and oxygen atoms in total. The molecule has 4 aromatic heterocycles. The molecule has 1 saturated carbocycles. The van der Waals surface area contributed by atoms with Gasteiger partial charge in [0.05, 0.1) is 30.4 Å². The summed E-state index contributed by atoms with van der Waals surface area (Å²) in [6.07, 6.45) is 15.1. The molecular weight excluding hydrogens is 598 g/mol. The Bertz CT molecular complexity index is 1820. The Balaban J connectivity index is 1.21. The topological polar surface area (TPSA) is 119 Å². The fourth-order valence-electron chi connectivity index (χ4n) is 6.97. The quantitative estimate of drug-likeness (QED) is 0.156. The largest absolute Gasteiger partial charge is 0.467 e. The predicted octanol–water partition coefficient (Wildman–Crippen LogP) is 7.67. The van der Waals surface area contributed by atoms with Gasteiger partial charge in [-0.2, -0.15) is 5.10 Å². The van der Waals surface area contributed by atoms with E-state index in [0.29, 0.717) is 18.3 Å². The SMILES string of the molecule is COc1ncc(-c2cc(C(C(=O)CCc3ccccc3)C3CCC(Cc4ncc(C(C)(C)C)c(-c5[nH]ncc5C)n4)CC3)ccn2)cn1. The number of nitrogens with one attached hydrogen (secondary N) is 1. The summed E-state index contributed by atoms with van der Waals surface area (Å²) < 4.78 is 5.13. The minimum atomic E-state index is -0.201. The third-order valence-corrected chi connectivity index (χ3v) is 9.65. The highest BCUT2D eigenvalue weighted by Gasteiger charge is 2.34. The number of hydrogen-bond donors (Lipinski definition) is 1. The molecular formula is C39H45N7O2. The van der Waals surface area contributed by atoms with E-state index < -0.39 is 0 Å². The van der Waals surface area contributed by atoms with Gasteiger partial charge in [0, 0.05) is 54.7 Å². The van der Waals surface area contributed by atoms with Crippen molar-refractivity contribution in [3.05, 3.63) is 102 Å². The van der Waals surface area contributed by atoms with Crippen molar-refractivity contribution in [1.82, 2.24) is 35.1 Å². The lowest BCUT2D eigenvalue weighted by atomic mass is 9.70. The van der Waals surface area contributed by atoms with Crippen molar-refractivity contribution in [2.75, 3.05) is 7.11 Å². The normalized spacial score (nSPS) is 17.2. The molecule has 1 N–H and O–H groups in total. The molecule has 5 aromatic rings. The average molecular weight is 644 g/mol. The second-order valence-electron chi connectivity index (χ2n) is 14.1. The number of ether oxygens (including phenoxy) is 1. The first-order chi connectivity index (χ1) is 23.2. The molecule has 1 fully saturated rings. The molecule has 0 aliphatic heterocycles. The Morgan fingerprint density at radius 1 is 0.958 bits per heavy atom. The number of ketones is 1. The van der Waals surface area contributed by atoms with Gasteiger partial charge in [-0.3, -0.25) is 14.9 Å². The lowest BCUT2D eigenvalue weighted by molar-refractivity contribution is -0.122. The highest BCUT2D eigenvalue weighted by Crippen LogP contribution is 2.41. The summed E-state index contributed by atoms with van der Waals surface area (Å²) in [7, 11) is 1.54. The third-order valence-electron chi connectivity index (χ3n) is 9.65. The zero-order valence-electron chi connectivity index (χ0n) is 28.6. The van der Waals surface area contributed by atoms with Crippen molar-refractivity contribution in [2.45, 2.75) is 84.0 Å². The van der Waals surface area contributed by atoms with E-state index in [2.05, 4.69) is 65.0 Å². The maximum Gasteiger partial charge on any atom is 0.316 e. The standard InChI is InChI=1S/C39H45N7O2/c1-25-21-44-46-36(25)37-31(39(2,3)4)24-41-34(45-37)19-27-11-14-28(15-12-27)35(33(47)16-13-26-9-7-6-8-10-26)29-17-18-40-32(20-29)30-22-42-38(48-5)43-23-30/h6-10,17-18,20-24,27-28,35H,11-16,19H2,1-5H3,(H,44,46). The van der Waals surface area contributed by atoms with Gasteiger partial charge in [0.2, 0.25) is 0 Å². The number of H-pyrrole nitrogens is 1. The molecule has 48 heavy (non-hydrogen) atoms. The number of methoxy groups -OCH3 is 1. The number of carbonyl (C=O) groups excluding carboxylic acids is 1. The Hall–Kier alpha value is -4.79. The van der Waals surface area contributed by atoms with Gasteiger partial charge in [0.1, 0.15) is 11.6 Å². The number of pyridine rings is 1. The molecule has 9 heteroatoms. The van der Waals surface area contributed by atoms with Gasteiger partial charge in [-0.15, -0.1) is 0 Å². The number of benzene rings is 1. The predicted molar refractivity (Wildman–Crippen MR) is 187 cm³/mol. The maximum atomic E-state index is 14.1. The second-order valence-corrected chi connectivity index (χ2v) is 14.1. The Labute approximate surface area is 283 Å². The molecule has 1 aliphatic rings. The van der Waals surface area contributed by atoms with Crippen LogP contribution in [0.15, 0.2) is 73.4 Å². The molecule has 0 saturated heterocycles. The summed E-state index contributed by atoms with van der Waals surface area (Å²) in [6, 6.07) is 14.6. The van der Waals surface area contributed by atoms with Gasteiger partial charge in [-0.25, -0.2) is 19.9 Å². The average Bonchev–Trinajstić information content (AvgIpc) is 3.54. The summed E-state index contributed by atoms with van der Waals surface area (Å²) >= 11 is 0. The monoisotopic (exact) mass is 643 g/mol. The molecule has 0 radical (unpaired) electrons. The minimum Gasteiger partial charge on any atom is -0.467 e. The van der Waals surface area contributed by atoms with Crippen LogP contribution in [0.3, 0.4) is 0 Å². The van der Waals surface area contributed by atoms with Gasteiger partial charge < -0.3 is 4.74 Å². The van der Waals surface area contributed by atoms with Gasteiger partial charge in [-0.1, -0.05) is 51.1 Å². The molecule has 0 amide bonds. The van der Waals surface area contributed by atoms with Gasteiger partial charge in [0.25, 0.3) is 0 Å². The highest BCUT2D eigenvalue weighted by atomic mass is 16.5. The van der Waals surface area contributed by atoms with Crippen LogP contribution < -0.4 is 4.74 Å². The molecule has 0 spiro atoms. The zero-order valence-corrected chi connectivity index (χ0v) is 28.6. The van der Waals surface area contributed by atoms with Gasteiger partial charge in [0.15, 0.2) is 0 Å². The van der Waals surface area contributed by atoms with Crippen molar-refractivity contribution >= 4 is 5.78 Å². The van der Waals surface area contributed by atoms with Crippen molar-refractivity contribution in [3.63, 3.8) is 0 Å². The van der Waals surface area contributed by atoms with Gasteiger partial charge >= 0.3 is 6.01 Å². The lowest BCUT2D eigenvalue weighted by Crippen LogP contribution is -2.27. The number of carbonyl (C=O) groups is 1. The van der Waals surface area contributed by atoms with Crippen LogP contribution in [-0.4, -0.2) is 48.0 Å². The highest BCUT2D eigenvalue weighted by molar-refractivity contribution is 5.86. The van der Waals surface area contributed by atoms with Crippen LogP contribution in [0, 0.1) is 18.8 Å². The number of Topliss-reactive ketones (excluding diaryl/α,β-unsaturated/α-hetero) is 1. The Morgan fingerprint density at radius 2 is 1.71 bits per heavy atom. The first-order valence-corrected chi connectivity index (χ1v) is 17.0. The first kappa shape index (κ1) is 33.1. The summed E-state index contributed by atoms with van der Waals surface area (Å²) in [5, 5.41) is 7.42. The maximum absolute atomic E-state index is 14.1. The summed E-state index contributed by atoms with van der Waals surface area (Å²) in [6.45, 7) is 8.63. The van der Waals surface area contributed by atoms with Crippen molar-refractivity contribution in [1.29, 1.82) is 0 Å². The second kappa shape index (κ2) is 14.5. The van der Waals surface area contributed by atoms with Crippen molar-refractivity contribution < 1.29 is 9.53 Å². The van der Waals surface area contributed by atoms with Crippen LogP contribution in [0.4, 0.5) is 0 Å². The molecule has 0 bridgehead atoms. The van der Waals surface area contributed by atoms with Crippen LogP contribution >= 0.6 is 0 Å². The van der Waals surface area contributed by atoms with E-state index in [1.54, 1.807) is 25.7 Å². The van der Waals surface area contributed by atoms with Crippen LogP contribution in [0.25, 0.3) is 22.6 Å². The fraction of sp³-hybridized carbons (Fsp3) is 0.410. The van der Waals surface area contributed by atoms with E-state index in [1.165, 1.54) is 5.56 Å². The van der Waals surface area contributed by atoms with E-state index in [-0.39, 0.29) is 23.0 Å². The molecule has 248 valence electrons. The number of aromatic nitrogens is 7. The van der Waals surface area contributed by atoms with Gasteiger partial charge in [-0.05, 0) is 85.1 Å². The summed E-state index contributed by atoms with van der Waals surface area (Å²) in [4.78, 5) is 37.2. The molecule has 1 atom stereocenters. The molecule has 1 aromatic carbocycles. The van der Waals surface area contributed by atoms with Crippen LogP contribution in [0.1, 0.15) is 86.9 Å². The van der Waals surface area contributed by atoms with E-state index in [4.69, 9.17) is 14.7 Å². The van der Waals surface area contributed by atoms with Crippen LogP contribution in [0.2, 0.25) is 0 Å². The fourth-order valence-corrected chi connectivity index (χ4v) is 6.97. The zero-order chi connectivity index (χ0) is 33.7. The molecule has 6 rings (SSSR count). The Kier molecular flexibility index (Phi) is 10.0. The number of aromatic amines is 1. The lowest BCUT2D eigenvalue weighted by Gasteiger charge is -2.33. The number of hydrogen-bond acceptors (Lipinski definition) is 8. The summed E-state index contributed by atoms with van der Waals surface area (Å²) in [5.41, 5.74) is 7.73. The van der Waals surface area contributed by atoms with Crippen LogP contribution in [-0.2, 0) is 23.1 Å². The number of rotatable bonds is 11. The van der Waals surface area contributed by atoms with Crippen molar-refractivity contribution in [3.8, 4) is 28.7 Å². The molecule has 1 aliphatic carbocycles.